The highest BCUT2D eigenvalue weighted by Gasteiger charge is 2.15. The lowest BCUT2D eigenvalue weighted by atomic mass is 10.0. The van der Waals surface area contributed by atoms with E-state index >= 15 is 0 Å². The molecule has 16 heavy (non-hydrogen) atoms. The normalized spacial score (nSPS) is 12.4. The molecule has 3 heteroatoms. The lowest BCUT2D eigenvalue weighted by molar-refractivity contribution is -0.142. The summed E-state index contributed by atoms with van der Waals surface area (Å²) in [6, 6.07) is 12.9. The fourth-order valence-electron chi connectivity index (χ4n) is 1.66. The van der Waals surface area contributed by atoms with Crippen LogP contribution < -0.4 is 5.73 Å². The van der Waals surface area contributed by atoms with Gasteiger partial charge in [-0.15, -0.1) is 0 Å². The molecule has 0 aliphatic heterocycles. The van der Waals surface area contributed by atoms with Crippen LogP contribution in [0.25, 0.3) is 10.8 Å². The van der Waals surface area contributed by atoms with Crippen molar-refractivity contribution in [1.29, 1.82) is 0 Å². The van der Waals surface area contributed by atoms with Crippen molar-refractivity contribution in [2.75, 3.05) is 7.11 Å². The van der Waals surface area contributed by atoms with Crippen molar-refractivity contribution >= 4 is 16.7 Å². The summed E-state index contributed by atoms with van der Waals surface area (Å²) in [6.07, 6.45) is 0. The molecule has 0 spiro atoms. The molecule has 0 fully saturated rings. The molecule has 2 aromatic carbocycles. The molecule has 2 aromatic rings. The van der Waals surface area contributed by atoms with Crippen LogP contribution in [0.5, 0.6) is 0 Å². The van der Waals surface area contributed by atoms with E-state index in [1.54, 1.807) is 0 Å². The molecule has 1 atom stereocenters. The molecule has 0 aliphatic rings. The van der Waals surface area contributed by atoms with Crippen molar-refractivity contribution in [3.63, 3.8) is 0 Å². The molecule has 0 bridgehead atoms. The number of hydrogen-bond donors (Lipinski definition) is 1. The smallest absolute Gasteiger partial charge is 0.327 e. The summed E-state index contributed by atoms with van der Waals surface area (Å²) < 4.78 is 4.61. The van der Waals surface area contributed by atoms with Gasteiger partial charge in [0, 0.05) is 0 Å². The molecule has 0 aliphatic carbocycles. The zero-order valence-corrected chi connectivity index (χ0v) is 9.01. The first kappa shape index (κ1) is 10.6. The first-order valence-corrected chi connectivity index (χ1v) is 5.04. The molecule has 0 aromatic heterocycles. The van der Waals surface area contributed by atoms with Gasteiger partial charge in [0.15, 0.2) is 0 Å². The number of carbonyl (C=O) groups is 1. The summed E-state index contributed by atoms with van der Waals surface area (Å²) in [6.45, 7) is 0. The number of carbonyl (C=O) groups excluding carboxylic acids is 1. The number of fused-ring (bicyclic) bond motifs is 1. The Morgan fingerprint density at radius 1 is 1.19 bits per heavy atom. The molecule has 0 radical (unpaired) electrons. The van der Waals surface area contributed by atoms with Crippen LogP contribution in [-0.4, -0.2) is 13.1 Å². The van der Waals surface area contributed by atoms with E-state index in [2.05, 4.69) is 4.74 Å². The standard InChI is InChI=1S/C13H13NO2/c1-16-13(15)12(14)11-7-6-9-4-2-3-5-10(9)8-11/h2-8,12H,14H2,1H3. The summed E-state index contributed by atoms with van der Waals surface area (Å²) in [5.41, 5.74) is 6.53. The van der Waals surface area contributed by atoms with Crippen LogP contribution in [0.4, 0.5) is 0 Å². The van der Waals surface area contributed by atoms with Crippen LogP contribution in [0.3, 0.4) is 0 Å². The summed E-state index contributed by atoms with van der Waals surface area (Å²) in [4.78, 5) is 11.3. The molecule has 0 saturated heterocycles. The van der Waals surface area contributed by atoms with E-state index in [0.717, 1.165) is 16.3 Å². The highest BCUT2D eigenvalue weighted by molar-refractivity contribution is 5.85. The molecular formula is C13H13NO2. The van der Waals surface area contributed by atoms with Crippen molar-refractivity contribution in [2.24, 2.45) is 5.73 Å². The van der Waals surface area contributed by atoms with Crippen molar-refractivity contribution < 1.29 is 9.53 Å². The van der Waals surface area contributed by atoms with Gasteiger partial charge in [-0.05, 0) is 22.4 Å². The predicted octanol–water partition coefficient (Wildman–Crippen LogP) is 2.01. The molecule has 1 unspecified atom stereocenters. The first-order valence-electron chi connectivity index (χ1n) is 5.04. The van der Waals surface area contributed by atoms with E-state index in [4.69, 9.17) is 5.73 Å². The lowest BCUT2D eigenvalue weighted by Crippen LogP contribution is -2.22. The van der Waals surface area contributed by atoms with Gasteiger partial charge in [-0.2, -0.15) is 0 Å². The monoisotopic (exact) mass is 215 g/mol. The van der Waals surface area contributed by atoms with Gasteiger partial charge >= 0.3 is 5.97 Å². The van der Waals surface area contributed by atoms with Gasteiger partial charge in [0.1, 0.15) is 6.04 Å². The fraction of sp³-hybridized carbons (Fsp3) is 0.154. The Labute approximate surface area is 93.8 Å². The number of ether oxygens (including phenoxy) is 1. The zero-order valence-electron chi connectivity index (χ0n) is 9.01. The highest BCUT2D eigenvalue weighted by atomic mass is 16.5. The second kappa shape index (κ2) is 4.33. The average molecular weight is 215 g/mol. The Morgan fingerprint density at radius 3 is 2.56 bits per heavy atom. The SMILES string of the molecule is COC(=O)C(N)c1ccc2ccccc2c1. The van der Waals surface area contributed by atoms with Crippen LogP contribution in [0, 0.1) is 0 Å². The molecule has 0 amide bonds. The number of rotatable bonds is 2. The molecule has 2 N–H and O–H groups in total. The summed E-state index contributed by atoms with van der Waals surface area (Å²) in [5, 5.41) is 2.20. The number of esters is 1. The largest absolute Gasteiger partial charge is 0.468 e. The topological polar surface area (TPSA) is 52.3 Å². The van der Waals surface area contributed by atoms with Crippen molar-refractivity contribution in [3.05, 3.63) is 48.0 Å². The quantitative estimate of drug-likeness (QED) is 0.780. The van der Waals surface area contributed by atoms with Gasteiger partial charge < -0.3 is 10.5 Å². The molecule has 3 nitrogen and oxygen atoms in total. The Morgan fingerprint density at radius 2 is 1.88 bits per heavy atom. The molecular weight excluding hydrogens is 202 g/mol. The molecule has 2 rings (SSSR count). The van der Waals surface area contributed by atoms with Crippen molar-refractivity contribution in [2.45, 2.75) is 6.04 Å². The van der Waals surface area contributed by atoms with E-state index in [9.17, 15) is 4.79 Å². The molecule has 0 heterocycles. The average Bonchev–Trinajstić information content (AvgIpc) is 2.36. The minimum absolute atomic E-state index is 0.421. The van der Waals surface area contributed by atoms with Gasteiger partial charge in [0.25, 0.3) is 0 Å². The van der Waals surface area contributed by atoms with Gasteiger partial charge in [0.05, 0.1) is 7.11 Å². The Kier molecular flexibility index (Phi) is 2.88. The van der Waals surface area contributed by atoms with Crippen LogP contribution in [0.2, 0.25) is 0 Å². The minimum atomic E-state index is -0.713. The summed E-state index contributed by atoms with van der Waals surface area (Å²) in [7, 11) is 1.34. The van der Waals surface area contributed by atoms with E-state index in [-0.39, 0.29) is 0 Å². The van der Waals surface area contributed by atoms with Crippen molar-refractivity contribution in [3.8, 4) is 0 Å². The van der Waals surface area contributed by atoms with Gasteiger partial charge in [-0.25, -0.2) is 0 Å². The van der Waals surface area contributed by atoms with Crippen LogP contribution in [0.15, 0.2) is 42.5 Å². The summed E-state index contributed by atoms with van der Waals surface area (Å²) >= 11 is 0. The van der Waals surface area contributed by atoms with Gasteiger partial charge in [-0.1, -0.05) is 36.4 Å². The maximum absolute atomic E-state index is 11.3. The van der Waals surface area contributed by atoms with Gasteiger partial charge in [0.2, 0.25) is 0 Å². The van der Waals surface area contributed by atoms with Gasteiger partial charge in [-0.3, -0.25) is 4.79 Å². The van der Waals surface area contributed by atoms with E-state index < -0.39 is 12.0 Å². The second-order valence-corrected chi connectivity index (χ2v) is 3.61. The summed E-state index contributed by atoms with van der Waals surface area (Å²) in [5.74, 6) is -0.421. The lowest BCUT2D eigenvalue weighted by Gasteiger charge is -2.10. The van der Waals surface area contributed by atoms with E-state index in [0.29, 0.717) is 0 Å². The van der Waals surface area contributed by atoms with Crippen molar-refractivity contribution in [1.82, 2.24) is 0 Å². The number of hydrogen-bond acceptors (Lipinski definition) is 3. The van der Waals surface area contributed by atoms with E-state index in [1.807, 2.05) is 42.5 Å². The third-order valence-corrected chi connectivity index (χ3v) is 2.59. The fourth-order valence-corrected chi connectivity index (χ4v) is 1.66. The third kappa shape index (κ3) is 1.90. The molecule has 0 saturated carbocycles. The zero-order chi connectivity index (χ0) is 11.5. The Balaban J connectivity index is 2.43. The van der Waals surface area contributed by atoms with Crippen LogP contribution >= 0.6 is 0 Å². The predicted molar refractivity (Wildman–Crippen MR) is 62.9 cm³/mol. The van der Waals surface area contributed by atoms with Crippen LogP contribution in [-0.2, 0) is 9.53 Å². The highest BCUT2D eigenvalue weighted by Crippen LogP contribution is 2.19. The molecule has 82 valence electrons. The van der Waals surface area contributed by atoms with E-state index in [1.165, 1.54) is 7.11 Å². The number of benzene rings is 2. The second-order valence-electron chi connectivity index (χ2n) is 3.61. The maximum Gasteiger partial charge on any atom is 0.327 e. The Hall–Kier alpha value is -1.87. The minimum Gasteiger partial charge on any atom is -0.468 e. The first-order chi connectivity index (χ1) is 7.72. The third-order valence-electron chi connectivity index (χ3n) is 2.59. The van der Waals surface area contributed by atoms with Crippen LogP contribution in [0.1, 0.15) is 11.6 Å². The number of methoxy groups -OCH3 is 1. The maximum atomic E-state index is 11.3. The number of nitrogens with two attached hydrogens (primary N) is 1. The Bertz CT molecular complexity index is 522.